The molecule has 1 rings (SSSR count). The first kappa shape index (κ1) is 14.2. The zero-order valence-corrected chi connectivity index (χ0v) is 11.5. The Kier molecular flexibility index (Phi) is 5.65. The van der Waals surface area contributed by atoms with Gasteiger partial charge in [-0.1, -0.05) is 25.1 Å². The molecule has 0 saturated heterocycles. The number of phenolic OH excluding ortho intramolecular Hbond substituents is 1. The highest BCUT2D eigenvalue weighted by molar-refractivity contribution is 7.84. The number of para-hydroxylation sites is 1. The first-order valence-electron chi connectivity index (χ1n) is 5.88. The minimum Gasteiger partial charge on any atom is -0.508 e. The molecule has 0 spiro atoms. The molecule has 0 aliphatic heterocycles. The first-order valence-corrected chi connectivity index (χ1v) is 7.61. The van der Waals surface area contributed by atoms with Crippen molar-refractivity contribution in [2.24, 2.45) is 0 Å². The molecule has 0 bridgehead atoms. The third kappa shape index (κ3) is 4.48. The van der Waals surface area contributed by atoms with E-state index in [0.717, 1.165) is 12.0 Å². The van der Waals surface area contributed by atoms with E-state index in [4.69, 9.17) is 0 Å². The zero-order valence-electron chi connectivity index (χ0n) is 10.6. The van der Waals surface area contributed by atoms with Gasteiger partial charge in [-0.15, -0.1) is 0 Å². The fourth-order valence-electron chi connectivity index (χ4n) is 1.95. The van der Waals surface area contributed by atoms with Crippen molar-refractivity contribution in [1.82, 2.24) is 5.32 Å². The average molecular weight is 255 g/mol. The van der Waals surface area contributed by atoms with Gasteiger partial charge in [-0.25, -0.2) is 0 Å². The summed E-state index contributed by atoms with van der Waals surface area (Å²) in [4.78, 5) is 0. The number of aromatic hydroxyl groups is 1. The molecular formula is C13H21NO2S. The molecule has 0 heterocycles. The van der Waals surface area contributed by atoms with Gasteiger partial charge in [0.25, 0.3) is 0 Å². The molecule has 0 aliphatic rings. The van der Waals surface area contributed by atoms with Gasteiger partial charge in [0.05, 0.1) is 0 Å². The fraction of sp³-hybridized carbons (Fsp3) is 0.538. The molecule has 17 heavy (non-hydrogen) atoms. The largest absolute Gasteiger partial charge is 0.508 e. The summed E-state index contributed by atoms with van der Waals surface area (Å²) in [6, 6.07) is 7.63. The lowest BCUT2D eigenvalue weighted by molar-refractivity contribution is 0.425. The number of phenols is 1. The predicted octanol–water partition coefficient (Wildman–Crippen LogP) is 2.20. The predicted molar refractivity (Wildman–Crippen MR) is 72.7 cm³/mol. The molecule has 0 aliphatic carbocycles. The van der Waals surface area contributed by atoms with Crippen LogP contribution in [0.25, 0.3) is 0 Å². The van der Waals surface area contributed by atoms with E-state index in [1.807, 2.05) is 25.1 Å². The van der Waals surface area contributed by atoms with Gasteiger partial charge in [0.2, 0.25) is 0 Å². The first-order chi connectivity index (χ1) is 8.04. The van der Waals surface area contributed by atoms with Crippen molar-refractivity contribution < 1.29 is 9.32 Å². The van der Waals surface area contributed by atoms with Crippen molar-refractivity contribution >= 4 is 10.8 Å². The van der Waals surface area contributed by atoms with Crippen LogP contribution in [-0.4, -0.2) is 27.4 Å². The molecule has 3 nitrogen and oxygen atoms in total. The third-order valence-electron chi connectivity index (χ3n) is 2.69. The van der Waals surface area contributed by atoms with Crippen LogP contribution < -0.4 is 5.32 Å². The van der Waals surface area contributed by atoms with Crippen molar-refractivity contribution in [3.05, 3.63) is 29.8 Å². The summed E-state index contributed by atoms with van der Waals surface area (Å²) in [5.41, 5.74) is 0.906. The minimum absolute atomic E-state index is 0.106. The summed E-state index contributed by atoms with van der Waals surface area (Å²) in [7, 11) is -0.801. The quantitative estimate of drug-likeness (QED) is 0.819. The Morgan fingerprint density at radius 3 is 2.59 bits per heavy atom. The lowest BCUT2D eigenvalue weighted by Gasteiger charge is -2.22. The monoisotopic (exact) mass is 255 g/mol. The number of nitrogens with one attached hydrogen (secondary N) is 1. The van der Waals surface area contributed by atoms with E-state index in [0.29, 0.717) is 11.5 Å². The minimum atomic E-state index is -0.801. The molecule has 0 amide bonds. The molecule has 96 valence electrons. The fourth-order valence-corrected chi connectivity index (χ4v) is 2.75. The Morgan fingerprint density at radius 2 is 2.06 bits per heavy atom. The van der Waals surface area contributed by atoms with Crippen LogP contribution in [0.3, 0.4) is 0 Å². The van der Waals surface area contributed by atoms with Crippen LogP contribution in [0.1, 0.15) is 31.9 Å². The molecule has 0 radical (unpaired) electrons. The molecule has 4 heteroatoms. The van der Waals surface area contributed by atoms with Gasteiger partial charge in [-0.2, -0.15) is 0 Å². The van der Waals surface area contributed by atoms with E-state index in [1.165, 1.54) is 0 Å². The van der Waals surface area contributed by atoms with Crippen molar-refractivity contribution in [1.29, 1.82) is 0 Å². The number of benzene rings is 1. The van der Waals surface area contributed by atoms with Crippen LogP contribution in [0.2, 0.25) is 0 Å². The number of rotatable bonds is 6. The SMILES string of the molecule is CCC(NC(C)CS(C)=O)c1ccccc1O. The van der Waals surface area contributed by atoms with E-state index in [2.05, 4.69) is 12.2 Å². The Balaban J connectivity index is 2.72. The Bertz CT molecular complexity index is 381. The van der Waals surface area contributed by atoms with Crippen LogP contribution in [0, 0.1) is 0 Å². The highest BCUT2D eigenvalue weighted by atomic mass is 32.2. The van der Waals surface area contributed by atoms with Gasteiger partial charge in [0.1, 0.15) is 5.75 Å². The second-order valence-electron chi connectivity index (χ2n) is 4.33. The van der Waals surface area contributed by atoms with Crippen LogP contribution in [0.5, 0.6) is 5.75 Å². The van der Waals surface area contributed by atoms with Crippen LogP contribution in [-0.2, 0) is 10.8 Å². The molecule has 0 fully saturated rings. The van der Waals surface area contributed by atoms with Crippen molar-refractivity contribution in [3.63, 3.8) is 0 Å². The second-order valence-corrected chi connectivity index (χ2v) is 5.81. The van der Waals surface area contributed by atoms with Crippen LogP contribution in [0.15, 0.2) is 24.3 Å². The molecule has 0 saturated carbocycles. The maximum Gasteiger partial charge on any atom is 0.120 e. The highest BCUT2D eigenvalue weighted by Gasteiger charge is 2.15. The average Bonchev–Trinajstić information content (AvgIpc) is 2.26. The second kappa shape index (κ2) is 6.77. The Morgan fingerprint density at radius 1 is 1.41 bits per heavy atom. The summed E-state index contributed by atoms with van der Waals surface area (Å²) in [5.74, 6) is 0.945. The number of hydrogen-bond acceptors (Lipinski definition) is 3. The van der Waals surface area contributed by atoms with Crippen LogP contribution >= 0.6 is 0 Å². The van der Waals surface area contributed by atoms with E-state index in [1.54, 1.807) is 12.3 Å². The van der Waals surface area contributed by atoms with Gasteiger partial charge in [-0.3, -0.25) is 4.21 Å². The maximum atomic E-state index is 11.1. The molecule has 3 unspecified atom stereocenters. The van der Waals surface area contributed by atoms with Crippen molar-refractivity contribution in [2.45, 2.75) is 32.4 Å². The molecule has 3 atom stereocenters. The molecule has 2 N–H and O–H groups in total. The van der Waals surface area contributed by atoms with Crippen molar-refractivity contribution in [3.8, 4) is 5.75 Å². The molecular weight excluding hydrogens is 234 g/mol. The zero-order chi connectivity index (χ0) is 12.8. The summed E-state index contributed by atoms with van der Waals surface area (Å²) in [5, 5.41) is 13.2. The van der Waals surface area contributed by atoms with Gasteiger partial charge in [-0.05, 0) is 19.4 Å². The van der Waals surface area contributed by atoms with Gasteiger partial charge in [0.15, 0.2) is 0 Å². The lowest BCUT2D eigenvalue weighted by atomic mass is 10.0. The van der Waals surface area contributed by atoms with Crippen LogP contribution in [0.4, 0.5) is 0 Å². The Hall–Kier alpha value is -0.870. The maximum absolute atomic E-state index is 11.1. The van der Waals surface area contributed by atoms with Crippen molar-refractivity contribution in [2.75, 3.05) is 12.0 Å². The summed E-state index contributed by atoms with van der Waals surface area (Å²) in [6.07, 6.45) is 2.59. The molecule has 1 aromatic carbocycles. The molecule has 1 aromatic rings. The number of hydrogen-bond donors (Lipinski definition) is 2. The lowest BCUT2D eigenvalue weighted by Crippen LogP contribution is -2.34. The standard InChI is InChI=1S/C13H21NO2S/c1-4-12(14-10(2)9-17(3)16)11-7-5-6-8-13(11)15/h5-8,10,12,14-15H,4,9H2,1-3H3. The van der Waals surface area contributed by atoms with Gasteiger partial charge in [0, 0.05) is 40.5 Å². The summed E-state index contributed by atoms with van der Waals surface area (Å²) in [6.45, 7) is 4.09. The summed E-state index contributed by atoms with van der Waals surface area (Å²) < 4.78 is 11.1. The highest BCUT2D eigenvalue weighted by Crippen LogP contribution is 2.26. The molecule has 0 aromatic heterocycles. The summed E-state index contributed by atoms with van der Waals surface area (Å²) >= 11 is 0. The van der Waals surface area contributed by atoms with Gasteiger partial charge < -0.3 is 10.4 Å². The van der Waals surface area contributed by atoms with E-state index in [-0.39, 0.29) is 12.1 Å². The van der Waals surface area contributed by atoms with E-state index in [9.17, 15) is 9.32 Å². The topological polar surface area (TPSA) is 49.3 Å². The third-order valence-corrected chi connectivity index (χ3v) is 3.66. The van der Waals surface area contributed by atoms with E-state index >= 15 is 0 Å². The van der Waals surface area contributed by atoms with E-state index < -0.39 is 10.8 Å². The smallest absolute Gasteiger partial charge is 0.120 e. The van der Waals surface area contributed by atoms with Gasteiger partial charge >= 0.3 is 0 Å². The Labute approximate surface area is 106 Å². The normalized spacial score (nSPS) is 16.4.